The fourth-order valence-corrected chi connectivity index (χ4v) is 2.51. The lowest BCUT2D eigenvalue weighted by molar-refractivity contribution is -0.123. The Bertz CT molecular complexity index is 554. The predicted octanol–water partition coefficient (Wildman–Crippen LogP) is 2.50. The van der Waals surface area contributed by atoms with Crippen LogP contribution in [0.1, 0.15) is 23.4 Å². The van der Waals surface area contributed by atoms with Crippen molar-refractivity contribution < 1.29 is 14.6 Å². The van der Waals surface area contributed by atoms with E-state index in [1.807, 2.05) is 24.4 Å². The van der Waals surface area contributed by atoms with Crippen molar-refractivity contribution in [1.29, 1.82) is 0 Å². The molecule has 2 aromatic rings. The first-order valence-electron chi connectivity index (χ1n) is 6.34. The summed E-state index contributed by atoms with van der Waals surface area (Å²) >= 11 is 1.61. The summed E-state index contributed by atoms with van der Waals surface area (Å²) in [5.74, 6) is 0.413. The zero-order valence-electron chi connectivity index (χ0n) is 11.2. The number of amides is 1. The standard InChI is InChI=1S/C15H17NO3S/c1-11(14-6-3-7-20-14)16-15(18)10-19-13-5-2-4-12(8-13)9-17/h2-8,11,17H,9-10H2,1H3,(H,16,18). The van der Waals surface area contributed by atoms with E-state index in [0.29, 0.717) is 5.75 Å². The van der Waals surface area contributed by atoms with Gasteiger partial charge in [0, 0.05) is 4.88 Å². The average molecular weight is 291 g/mol. The van der Waals surface area contributed by atoms with Gasteiger partial charge in [0.05, 0.1) is 12.6 Å². The Morgan fingerprint density at radius 1 is 1.40 bits per heavy atom. The van der Waals surface area contributed by atoms with Gasteiger partial charge in [-0.2, -0.15) is 0 Å². The van der Waals surface area contributed by atoms with Crippen LogP contribution >= 0.6 is 11.3 Å². The van der Waals surface area contributed by atoms with Crippen LogP contribution < -0.4 is 10.1 Å². The molecule has 0 bridgehead atoms. The van der Waals surface area contributed by atoms with Gasteiger partial charge < -0.3 is 15.2 Å². The lowest BCUT2D eigenvalue weighted by atomic mass is 10.2. The number of carbonyl (C=O) groups excluding carboxylic acids is 1. The Balaban J connectivity index is 1.83. The highest BCUT2D eigenvalue weighted by molar-refractivity contribution is 7.10. The minimum Gasteiger partial charge on any atom is -0.484 e. The molecule has 0 saturated heterocycles. The fourth-order valence-electron chi connectivity index (χ4n) is 1.77. The van der Waals surface area contributed by atoms with Gasteiger partial charge in [-0.05, 0) is 36.1 Å². The minimum absolute atomic E-state index is 0.0186. The lowest BCUT2D eigenvalue weighted by Crippen LogP contribution is -2.30. The van der Waals surface area contributed by atoms with Crippen molar-refractivity contribution in [3.05, 3.63) is 52.2 Å². The van der Waals surface area contributed by atoms with Gasteiger partial charge in [0.15, 0.2) is 6.61 Å². The van der Waals surface area contributed by atoms with E-state index in [0.717, 1.165) is 10.4 Å². The monoisotopic (exact) mass is 291 g/mol. The van der Waals surface area contributed by atoms with Crippen molar-refractivity contribution in [2.75, 3.05) is 6.61 Å². The van der Waals surface area contributed by atoms with Crippen LogP contribution in [0.3, 0.4) is 0 Å². The number of aliphatic hydroxyl groups excluding tert-OH is 1. The van der Waals surface area contributed by atoms with Gasteiger partial charge in [-0.1, -0.05) is 18.2 Å². The second-order valence-corrected chi connectivity index (χ2v) is 5.38. The second-order valence-electron chi connectivity index (χ2n) is 4.40. The third kappa shape index (κ3) is 4.08. The van der Waals surface area contributed by atoms with Crippen molar-refractivity contribution >= 4 is 17.2 Å². The Labute approximate surface area is 122 Å². The van der Waals surface area contributed by atoms with Gasteiger partial charge in [0.1, 0.15) is 5.75 Å². The smallest absolute Gasteiger partial charge is 0.258 e. The van der Waals surface area contributed by atoms with Crippen molar-refractivity contribution in [3.8, 4) is 5.75 Å². The molecule has 0 aliphatic carbocycles. The van der Waals surface area contributed by atoms with Crippen LogP contribution in [0.4, 0.5) is 0 Å². The maximum atomic E-state index is 11.8. The van der Waals surface area contributed by atoms with Crippen LogP contribution in [-0.2, 0) is 11.4 Å². The molecule has 1 unspecified atom stereocenters. The zero-order valence-corrected chi connectivity index (χ0v) is 12.0. The number of carbonyl (C=O) groups is 1. The molecule has 0 spiro atoms. The average Bonchev–Trinajstić information content (AvgIpc) is 2.99. The molecule has 1 amide bonds. The first kappa shape index (κ1) is 14.6. The summed E-state index contributed by atoms with van der Waals surface area (Å²) in [4.78, 5) is 12.9. The third-order valence-corrected chi connectivity index (χ3v) is 3.85. The third-order valence-electron chi connectivity index (χ3n) is 2.80. The molecular formula is C15H17NO3S. The number of hydrogen-bond donors (Lipinski definition) is 2. The summed E-state index contributed by atoms with van der Waals surface area (Å²) in [5, 5.41) is 13.9. The predicted molar refractivity (Wildman–Crippen MR) is 78.7 cm³/mol. The molecular weight excluding hydrogens is 274 g/mol. The highest BCUT2D eigenvalue weighted by Crippen LogP contribution is 2.18. The number of nitrogens with one attached hydrogen (secondary N) is 1. The second kappa shape index (κ2) is 7.07. The molecule has 0 saturated carbocycles. The molecule has 1 atom stereocenters. The Morgan fingerprint density at radius 3 is 2.95 bits per heavy atom. The van der Waals surface area contributed by atoms with Crippen LogP contribution in [-0.4, -0.2) is 17.6 Å². The number of rotatable bonds is 6. The Hall–Kier alpha value is -1.85. The summed E-state index contributed by atoms with van der Waals surface area (Å²) in [7, 11) is 0. The van der Waals surface area contributed by atoms with E-state index in [1.54, 1.807) is 35.6 Å². The largest absolute Gasteiger partial charge is 0.484 e. The minimum atomic E-state index is -0.166. The highest BCUT2D eigenvalue weighted by Gasteiger charge is 2.10. The summed E-state index contributed by atoms with van der Waals surface area (Å²) in [5.41, 5.74) is 0.759. The molecule has 0 radical (unpaired) electrons. The van der Waals surface area contributed by atoms with E-state index in [-0.39, 0.29) is 25.2 Å². The molecule has 0 aliphatic rings. The van der Waals surface area contributed by atoms with E-state index in [1.165, 1.54) is 0 Å². The fraction of sp³-hybridized carbons (Fsp3) is 0.267. The molecule has 1 heterocycles. The van der Waals surface area contributed by atoms with E-state index in [2.05, 4.69) is 5.32 Å². The Kier molecular flexibility index (Phi) is 5.15. The van der Waals surface area contributed by atoms with Crippen molar-refractivity contribution in [1.82, 2.24) is 5.32 Å². The van der Waals surface area contributed by atoms with Gasteiger partial charge >= 0.3 is 0 Å². The molecule has 1 aromatic carbocycles. The molecule has 0 fully saturated rings. The van der Waals surface area contributed by atoms with Gasteiger partial charge in [0.25, 0.3) is 5.91 Å². The van der Waals surface area contributed by atoms with Crippen LogP contribution in [0, 0.1) is 0 Å². The number of thiophene rings is 1. The molecule has 5 heteroatoms. The molecule has 106 valence electrons. The maximum Gasteiger partial charge on any atom is 0.258 e. The van der Waals surface area contributed by atoms with Crippen LogP contribution in [0.25, 0.3) is 0 Å². The Morgan fingerprint density at radius 2 is 2.25 bits per heavy atom. The first-order valence-corrected chi connectivity index (χ1v) is 7.22. The molecule has 1 aromatic heterocycles. The molecule has 4 nitrogen and oxygen atoms in total. The van der Waals surface area contributed by atoms with E-state index >= 15 is 0 Å². The van der Waals surface area contributed by atoms with Crippen LogP contribution in [0.5, 0.6) is 5.75 Å². The van der Waals surface area contributed by atoms with Gasteiger partial charge in [0.2, 0.25) is 0 Å². The zero-order chi connectivity index (χ0) is 14.4. The summed E-state index contributed by atoms with van der Waals surface area (Å²) in [6.45, 7) is 1.86. The SMILES string of the molecule is CC(NC(=O)COc1cccc(CO)c1)c1cccs1. The van der Waals surface area contributed by atoms with Gasteiger partial charge in [-0.15, -0.1) is 11.3 Å². The van der Waals surface area contributed by atoms with E-state index in [9.17, 15) is 4.79 Å². The summed E-state index contributed by atoms with van der Waals surface area (Å²) < 4.78 is 5.41. The summed E-state index contributed by atoms with van der Waals surface area (Å²) in [6, 6.07) is 11.0. The summed E-state index contributed by atoms with van der Waals surface area (Å²) in [6.07, 6.45) is 0. The number of aliphatic hydroxyl groups is 1. The van der Waals surface area contributed by atoms with Crippen molar-refractivity contribution in [3.63, 3.8) is 0 Å². The van der Waals surface area contributed by atoms with Crippen LogP contribution in [0.15, 0.2) is 41.8 Å². The van der Waals surface area contributed by atoms with E-state index < -0.39 is 0 Å². The van der Waals surface area contributed by atoms with Gasteiger partial charge in [-0.25, -0.2) is 0 Å². The molecule has 2 N–H and O–H groups in total. The molecule has 0 aliphatic heterocycles. The number of ether oxygens (including phenoxy) is 1. The number of benzene rings is 1. The molecule has 2 rings (SSSR count). The molecule has 20 heavy (non-hydrogen) atoms. The first-order chi connectivity index (χ1) is 9.69. The maximum absolute atomic E-state index is 11.8. The normalized spacial score (nSPS) is 11.9. The van der Waals surface area contributed by atoms with E-state index in [4.69, 9.17) is 9.84 Å². The van der Waals surface area contributed by atoms with Gasteiger partial charge in [-0.3, -0.25) is 4.79 Å². The van der Waals surface area contributed by atoms with Crippen molar-refractivity contribution in [2.24, 2.45) is 0 Å². The number of hydrogen-bond acceptors (Lipinski definition) is 4. The van der Waals surface area contributed by atoms with Crippen molar-refractivity contribution in [2.45, 2.75) is 19.6 Å². The highest BCUT2D eigenvalue weighted by atomic mass is 32.1. The lowest BCUT2D eigenvalue weighted by Gasteiger charge is -2.13. The quantitative estimate of drug-likeness (QED) is 0.859. The topological polar surface area (TPSA) is 58.6 Å². The van der Waals surface area contributed by atoms with Crippen LogP contribution in [0.2, 0.25) is 0 Å².